The van der Waals surface area contributed by atoms with E-state index in [0.717, 1.165) is 6.26 Å². The molecular weight excluding hydrogens is 240 g/mol. The molecule has 1 rings (SSSR count). The zero-order valence-corrected chi connectivity index (χ0v) is 10.1. The molecule has 18 heavy (non-hydrogen) atoms. The Morgan fingerprint density at radius 1 is 1.39 bits per heavy atom. The minimum absolute atomic E-state index is 0.0700. The number of esters is 1. The first-order valence-corrected chi connectivity index (χ1v) is 5.29. The molecule has 98 valence electrons. The molecule has 0 radical (unpaired) electrons. The van der Waals surface area contributed by atoms with E-state index in [0.29, 0.717) is 0 Å². The maximum absolute atomic E-state index is 11.4. The molecule has 0 spiro atoms. The summed E-state index contributed by atoms with van der Waals surface area (Å²) in [6.07, 6.45) is 0.647. The minimum Gasteiger partial charge on any atom is -0.471 e. The number of furan rings is 1. The van der Waals surface area contributed by atoms with E-state index < -0.39 is 17.9 Å². The number of Topliss-reactive ketones (excluding diaryl/α,β-unsaturated/α-hetero) is 2. The Bertz CT molecular complexity index is 459. The summed E-state index contributed by atoms with van der Waals surface area (Å²) in [6, 6.07) is 0. The van der Waals surface area contributed by atoms with E-state index in [1.807, 2.05) is 0 Å². The predicted octanol–water partition coefficient (Wildman–Crippen LogP) is 1.04. The van der Waals surface area contributed by atoms with Crippen LogP contribution in [0.2, 0.25) is 0 Å². The number of ketones is 2. The summed E-state index contributed by atoms with van der Waals surface area (Å²) in [7, 11) is 1.20. The van der Waals surface area contributed by atoms with Crippen LogP contribution in [0.15, 0.2) is 16.9 Å². The fourth-order valence-electron chi connectivity index (χ4n) is 1.52. The highest BCUT2D eigenvalue weighted by Gasteiger charge is 2.22. The Labute approximate surface area is 104 Å². The first kappa shape index (κ1) is 14.1. The molecule has 0 amide bonds. The average molecular weight is 254 g/mol. The smallest absolute Gasteiger partial charge is 0.341 e. The molecule has 0 aromatic carbocycles. The van der Waals surface area contributed by atoms with Gasteiger partial charge in [-0.2, -0.15) is 0 Å². The molecule has 1 aromatic rings. The summed E-state index contributed by atoms with van der Waals surface area (Å²) in [5.74, 6) is -1.32. The standard InChI is InChI=1S/C12H14O6/c1-7(13)3-8(14)4-11(15)9-5-18-6-10(9)12(16)17-2/h5-6,11,15H,3-4H2,1-2H3. The Hall–Kier alpha value is -1.95. The molecule has 1 aromatic heterocycles. The Kier molecular flexibility index (Phi) is 4.79. The van der Waals surface area contributed by atoms with Gasteiger partial charge in [0.25, 0.3) is 0 Å². The highest BCUT2D eigenvalue weighted by Crippen LogP contribution is 2.23. The molecule has 0 saturated carbocycles. The van der Waals surface area contributed by atoms with Crippen LogP contribution in [0.3, 0.4) is 0 Å². The van der Waals surface area contributed by atoms with Crippen molar-refractivity contribution in [1.29, 1.82) is 0 Å². The van der Waals surface area contributed by atoms with Crippen LogP contribution in [0.5, 0.6) is 0 Å². The van der Waals surface area contributed by atoms with E-state index in [-0.39, 0.29) is 29.8 Å². The van der Waals surface area contributed by atoms with Gasteiger partial charge in [-0.15, -0.1) is 0 Å². The first-order chi connectivity index (χ1) is 8.45. The summed E-state index contributed by atoms with van der Waals surface area (Å²) in [4.78, 5) is 33.5. The van der Waals surface area contributed by atoms with Gasteiger partial charge in [0.15, 0.2) is 0 Å². The second-order valence-electron chi connectivity index (χ2n) is 3.87. The first-order valence-electron chi connectivity index (χ1n) is 5.29. The van der Waals surface area contributed by atoms with Gasteiger partial charge in [0.05, 0.1) is 25.9 Å². The minimum atomic E-state index is -1.19. The number of aliphatic hydroxyl groups excluding tert-OH is 1. The fraction of sp³-hybridized carbons (Fsp3) is 0.417. The summed E-state index contributed by atoms with van der Waals surface area (Å²) >= 11 is 0. The third kappa shape index (κ3) is 3.53. The van der Waals surface area contributed by atoms with Crippen LogP contribution in [-0.4, -0.2) is 29.8 Å². The molecule has 0 aliphatic rings. The van der Waals surface area contributed by atoms with Crippen molar-refractivity contribution >= 4 is 17.5 Å². The lowest BCUT2D eigenvalue weighted by Gasteiger charge is -2.08. The molecule has 6 heteroatoms. The summed E-state index contributed by atoms with van der Waals surface area (Å²) in [5.41, 5.74) is 0.249. The van der Waals surface area contributed by atoms with Crippen LogP contribution in [0.25, 0.3) is 0 Å². The molecular formula is C12H14O6. The van der Waals surface area contributed by atoms with E-state index in [9.17, 15) is 19.5 Å². The van der Waals surface area contributed by atoms with Crippen molar-refractivity contribution in [2.24, 2.45) is 0 Å². The van der Waals surface area contributed by atoms with E-state index in [1.54, 1.807) is 0 Å². The number of hydrogen-bond acceptors (Lipinski definition) is 6. The quantitative estimate of drug-likeness (QED) is 0.602. The number of carbonyl (C=O) groups is 3. The third-order valence-electron chi connectivity index (χ3n) is 2.32. The lowest BCUT2D eigenvalue weighted by atomic mass is 10.0. The molecule has 1 unspecified atom stereocenters. The second-order valence-corrected chi connectivity index (χ2v) is 3.87. The number of methoxy groups -OCH3 is 1. The van der Waals surface area contributed by atoms with Gasteiger partial charge >= 0.3 is 5.97 Å². The van der Waals surface area contributed by atoms with Crippen LogP contribution in [-0.2, 0) is 14.3 Å². The maximum atomic E-state index is 11.4. The summed E-state index contributed by atoms with van der Waals surface area (Å²) in [5, 5.41) is 9.82. The van der Waals surface area contributed by atoms with E-state index in [1.165, 1.54) is 20.3 Å². The van der Waals surface area contributed by atoms with Gasteiger partial charge in [0.1, 0.15) is 23.4 Å². The summed E-state index contributed by atoms with van der Waals surface area (Å²) < 4.78 is 9.32. The molecule has 0 fully saturated rings. The molecule has 0 aliphatic carbocycles. The predicted molar refractivity (Wildman–Crippen MR) is 59.9 cm³/mol. The van der Waals surface area contributed by atoms with Gasteiger partial charge < -0.3 is 14.3 Å². The van der Waals surface area contributed by atoms with Gasteiger partial charge in [-0.1, -0.05) is 0 Å². The van der Waals surface area contributed by atoms with E-state index in [2.05, 4.69) is 4.74 Å². The van der Waals surface area contributed by atoms with Crippen molar-refractivity contribution in [2.75, 3.05) is 7.11 Å². The van der Waals surface area contributed by atoms with Gasteiger partial charge in [-0.05, 0) is 6.92 Å². The SMILES string of the molecule is COC(=O)c1cocc1C(O)CC(=O)CC(C)=O. The lowest BCUT2D eigenvalue weighted by Crippen LogP contribution is -2.12. The van der Waals surface area contributed by atoms with Crippen LogP contribution in [0, 0.1) is 0 Å². The van der Waals surface area contributed by atoms with Crippen LogP contribution in [0.1, 0.15) is 41.8 Å². The fourth-order valence-corrected chi connectivity index (χ4v) is 1.52. The Morgan fingerprint density at radius 3 is 2.61 bits per heavy atom. The number of hydrogen-bond donors (Lipinski definition) is 1. The largest absolute Gasteiger partial charge is 0.471 e. The van der Waals surface area contributed by atoms with Gasteiger partial charge in [-0.25, -0.2) is 4.79 Å². The van der Waals surface area contributed by atoms with Crippen molar-refractivity contribution in [3.8, 4) is 0 Å². The van der Waals surface area contributed by atoms with E-state index >= 15 is 0 Å². The van der Waals surface area contributed by atoms with Crippen molar-refractivity contribution < 1.29 is 28.6 Å². The number of rotatable bonds is 6. The maximum Gasteiger partial charge on any atom is 0.341 e. The zero-order valence-electron chi connectivity index (χ0n) is 10.1. The monoisotopic (exact) mass is 254 g/mol. The molecule has 6 nitrogen and oxygen atoms in total. The van der Waals surface area contributed by atoms with Crippen molar-refractivity contribution in [3.05, 3.63) is 23.7 Å². The Balaban J connectivity index is 2.75. The molecule has 1 N–H and O–H groups in total. The van der Waals surface area contributed by atoms with Crippen LogP contribution < -0.4 is 0 Å². The highest BCUT2D eigenvalue weighted by atomic mass is 16.5. The van der Waals surface area contributed by atoms with Gasteiger partial charge in [-0.3, -0.25) is 9.59 Å². The number of ether oxygens (including phenoxy) is 1. The lowest BCUT2D eigenvalue weighted by molar-refractivity contribution is -0.127. The molecule has 0 aliphatic heterocycles. The summed E-state index contributed by atoms with van der Waals surface area (Å²) in [6.45, 7) is 1.29. The topological polar surface area (TPSA) is 93.8 Å². The number of aliphatic hydroxyl groups is 1. The van der Waals surface area contributed by atoms with Gasteiger partial charge in [0.2, 0.25) is 0 Å². The molecule has 0 saturated heterocycles. The second kappa shape index (κ2) is 6.11. The van der Waals surface area contributed by atoms with Crippen molar-refractivity contribution in [2.45, 2.75) is 25.9 Å². The van der Waals surface area contributed by atoms with Crippen LogP contribution in [0.4, 0.5) is 0 Å². The zero-order chi connectivity index (χ0) is 13.7. The number of carbonyl (C=O) groups excluding carboxylic acids is 3. The van der Waals surface area contributed by atoms with Crippen molar-refractivity contribution in [3.63, 3.8) is 0 Å². The normalized spacial score (nSPS) is 11.9. The molecule has 0 bridgehead atoms. The Morgan fingerprint density at radius 2 is 2.06 bits per heavy atom. The van der Waals surface area contributed by atoms with Crippen molar-refractivity contribution in [1.82, 2.24) is 0 Å². The highest BCUT2D eigenvalue weighted by molar-refractivity contribution is 5.98. The van der Waals surface area contributed by atoms with E-state index in [4.69, 9.17) is 4.42 Å². The average Bonchev–Trinajstić information content (AvgIpc) is 2.75. The third-order valence-corrected chi connectivity index (χ3v) is 2.32. The van der Waals surface area contributed by atoms with Crippen LogP contribution >= 0.6 is 0 Å². The molecule has 1 heterocycles. The molecule has 1 atom stereocenters. The van der Waals surface area contributed by atoms with Gasteiger partial charge in [0, 0.05) is 12.0 Å².